The van der Waals surface area contributed by atoms with Crippen molar-refractivity contribution in [2.24, 2.45) is 9.98 Å². The topological polar surface area (TPSA) is 36.8 Å². The van der Waals surface area contributed by atoms with Gasteiger partial charge in [-0.05, 0) is 13.8 Å². The van der Waals surface area contributed by atoms with E-state index in [0.717, 1.165) is 22.8 Å². The van der Waals surface area contributed by atoms with Crippen LogP contribution >= 0.6 is 0 Å². The lowest BCUT2D eigenvalue weighted by Gasteiger charge is -2.14. The lowest BCUT2D eigenvalue weighted by Crippen LogP contribution is -2.32. The summed E-state index contributed by atoms with van der Waals surface area (Å²) in [7, 11) is 1.79. The Kier molecular flexibility index (Phi) is 5.27. The Morgan fingerprint density at radius 1 is 0.810 bits per heavy atom. The van der Waals surface area contributed by atoms with Crippen molar-refractivity contribution >= 4 is 11.7 Å². The molecule has 3 nitrogen and oxygen atoms in total. The smallest absolute Gasteiger partial charge is 0.134 e. The van der Waals surface area contributed by atoms with E-state index in [-0.39, 0.29) is 6.04 Å². The zero-order chi connectivity index (χ0) is 15.1. The molecule has 0 aliphatic carbocycles. The Balaban J connectivity index is 2.31. The van der Waals surface area contributed by atoms with Crippen molar-refractivity contribution in [2.45, 2.75) is 19.9 Å². The van der Waals surface area contributed by atoms with Gasteiger partial charge in [0.25, 0.3) is 0 Å². The van der Waals surface area contributed by atoms with Crippen LogP contribution in [0.25, 0.3) is 0 Å². The molecule has 1 N–H and O–H groups in total. The number of rotatable bonds is 3. The van der Waals surface area contributed by atoms with Crippen molar-refractivity contribution in [2.75, 3.05) is 7.05 Å². The van der Waals surface area contributed by atoms with E-state index < -0.39 is 0 Å². The first-order chi connectivity index (χ1) is 10.2. The molecule has 108 valence electrons. The molecular weight excluding hydrogens is 258 g/mol. The summed E-state index contributed by atoms with van der Waals surface area (Å²) in [6.07, 6.45) is 0. The Morgan fingerprint density at radius 2 is 1.29 bits per heavy atom. The van der Waals surface area contributed by atoms with Crippen molar-refractivity contribution in [3.8, 4) is 0 Å². The summed E-state index contributed by atoms with van der Waals surface area (Å²) >= 11 is 0. The maximum atomic E-state index is 4.69. The molecule has 0 radical (unpaired) electrons. The van der Waals surface area contributed by atoms with Crippen molar-refractivity contribution in [1.82, 2.24) is 5.32 Å². The molecule has 0 saturated carbocycles. The quantitative estimate of drug-likeness (QED) is 0.677. The lowest BCUT2D eigenvalue weighted by molar-refractivity contribution is 0.831. The van der Waals surface area contributed by atoms with Gasteiger partial charge in [0.05, 0.1) is 0 Å². The van der Waals surface area contributed by atoms with Crippen LogP contribution in [-0.2, 0) is 0 Å². The van der Waals surface area contributed by atoms with Gasteiger partial charge >= 0.3 is 0 Å². The fourth-order valence-electron chi connectivity index (χ4n) is 2.00. The molecule has 2 aromatic carbocycles. The van der Waals surface area contributed by atoms with Gasteiger partial charge in [-0.25, -0.2) is 0 Å². The average Bonchev–Trinajstić information content (AvgIpc) is 2.52. The summed E-state index contributed by atoms with van der Waals surface area (Å²) in [6, 6.07) is 20.4. The Hall–Kier alpha value is -2.42. The van der Waals surface area contributed by atoms with Gasteiger partial charge in [-0.15, -0.1) is 0 Å². The van der Waals surface area contributed by atoms with Crippen molar-refractivity contribution < 1.29 is 0 Å². The molecule has 0 aromatic heterocycles. The summed E-state index contributed by atoms with van der Waals surface area (Å²) in [4.78, 5) is 9.04. The van der Waals surface area contributed by atoms with Crippen LogP contribution in [0, 0.1) is 0 Å². The van der Waals surface area contributed by atoms with E-state index in [2.05, 4.69) is 29.1 Å². The maximum absolute atomic E-state index is 4.69. The number of aliphatic imine (C=N–C) groups is 2. The molecule has 0 bridgehead atoms. The third-order valence-corrected chi connectivity index (χ3v) is 2.94. The van der Waals surface area contributed by atoms with E-state index in [0.29, 0.717) is 0 Å². The molecule has 0 amide bonds. The third-order valence-electron chi connectivity index (χ3n) is 2.94. The molecule has 21 heavy (non-hydrogen) atoms. The predicted molar refractivity (Wildman–Crippen MR) is 90.2 cm³/mol. The molecular formula is C18H21N3. The van der Waals surface area contributed by atoms with Crippen LogP contribution in [0.5, 0.6) is 0 Å². The minimum Gasteiger partial charge on any atom is -0.325 e. The van der Waals surface area contributed by atoms with Crippen LogP contribution in [0.15, 0.2) is 70.6 Å². The number of hydrogen-bond acceptors (Lipinski definition) is 2. The Labute approximate surface area is 126 Å². The summed E-state index contributed by atoms with van der Waals surface area (Å²) in [5, 5.41) is 3.37. The van der Waals surface area contributed by atoms with E-state index in [9.17, 15) is 0 Å². The van der Waals surface area contributed by atoms with Gasteiger partial charge in [0.15, 0.2) is 0 Å². The molecule has 0 atom stereocenters. The number of nitrogens with one attached hydrogen (secondary N) is 1. The van der Waals surface area contributed by atoms with E-state index in [4.69, 9.17) is 0 Å². The normalized spacial score (nSPS) is 12.6. The standard InChI is InChI=1S/C18H21N3/c1-14(2)20-18(16-12-8-5-9-13-16)21-17(19-3)15-10-6-4-7-11-15/h4-14H,1-3H3,(H,19,20,21). The minimum atomic E-state index is 0.210. The van der Waals surface area contributed by atoms with Crippen molar-refractivity contribution in [3.05, 3.63) is 71.8 Å². The first-order valence-corrected chi connectivity index (χ1v) is 7.13. The number of nitrogens with zero attached hydrogens (tertiary/aromatic N) is 2. The molecule has 3 heteroatoms. The molecule has 0 saturated heterocycles. The van der Waals surface area contributed by atoms with Gasteiger partial charge < -0.3 is 5.32 Å². The second-order valence-electron chi connectivity index (χ2n) is 5.00. The summed E-state index contributed by atoms with van der Waals surface area (Å²) in [5.41, 5.74) is 2.11. The second kappa shape index (κ2) is 7.39. The molecule has 0 aliphatic heterocycles. The highest BCUT2D eigenvalue weighted by Crippen LogP contribution is 2.05. The largest absolute Gasteiger partial charge is 0.325 e. The fraction of sp³-hybridized carbons (Fsp3) is 0.222. The molecule has 0 heterocycles. The van der Waals surface area contributed by atoms with Gasteiger partial charge in [-0.2, -0.15) is 0 Å². The summed E-state index contributed by atoms with van der Waals surface area (Å²) in [6.45, 7) is 4.13. The highest BCUT2D eigenvalue weighted by molar-refractivity contribution is 6.14. The minimum absolute atomic E-state index is 0.210. The van der Waals surface area contributed by atoms with Gasteiger partial charge in [0.2, 0.25) is 0 Å². The molecule has 0 spiro atoms. The van der Waals surface area contributed by atoms with Gasteiger partial charge in [0, 0.05) is 24.2 Å². The van der Waals surface area contributed by atoms with Crippen LogP contribution in [0.4, 0.5) is 0 Å². The average molecular weight is 279 g/mol. The Morgan fingerprint density at radius 3 is 1.71 bits per heavy atom. The molecule has 0 unspecified atom stereocenters. The van der Waals surface area contributed by atoms with Gasteiger partial charge in [-0.3, -0.25) is 9.98 Å². The SMILES string of the molecule is CN=C(NC(=NC(C)C)c1ccccc1)c1ccccc1. The summed E-state index contributed by atoms with van der Waals surface area (Å²) < 4.78 is 0. The first-order valence-electron chi connectivity index (χ1n) is 7.13. The lowest BCUT2D eigenvalue weighted by atomic mass is 10.1. The predicted octanol–water partition coefficient (Wildman–Crippen LogP) is 3.51. The monoisotopic (exact) mass is 279 g/mol. The molecule has 2 rings (SSSR count). The third kappa shape index (κ3) is 4.28. The number of benzene rings is 2. The zero-order valence-electron chi connectivity index (χ0n) is 12.7. The van der Waals surface area contributed by atoms with E-state index in [1.165, 1.54) is 0 Å². The second-order valence-corrected chi connectivity index (χ2v) is 5.00. The van der Waals surface area contributed by atoms with Gasteiger partial charge in [0.1, 0.15) is 11.7 Å². The van der Waals surface area contributed by atoms with Crippen LogP contribution in [0.2, 0.25) is 0 Å². The first kappa shape index (κ1) is 15.0. The number of amidine groups is 2. The van der Waals surface area contributed by atoms with Crippen molar-refractivity contribution in [3.63, 3.8) is 0 Å². The summed E-state index contributed by atoms with van der Waals surface area (Å²) in [5.74, 6) is 1.66. The van der Waals surface area contributed by atoms with Crippen LogP contribution in [0.1, 0.15) is 25.0 Å². The van der Waals surface area contributed by atoms with Gasteiger partial charge in [-0.1, -0.05) is 60.7 Å². The zero-order valence-corrected chi connectivity index (χ0v) is 12.7. The molecule has 2 aromatic rings. The Bertz CT molecular complexity index is 613. The van der Waals surface area contributed by atoms with Crippen molar-refractivity contribution in [1.29, 1.82) is 0 Å². The van der Waals surface area contributed by atoms with E-state index in [1.54, 1.807) is 7.05 Å². The highest BCUT2D eigenvalue weighted by atomic mass is 15.1. The number of hydrogen-bond donors (Lipinski definition) is 1. The van der Waals surface area contributed by atoms with Crippen LogP contribution in [0.3, 0.4) is 0 Å². The van der Waals surface area contributed by atoms with E-state index >= 15 is 0 Å². The van der Waals surface area contributed by atoms with E-state index in [1.807, 2.05) is 60.7 Å². The molecule has 0 aliphatic rings. The highest BCUT2D eigenvalue weighted by Gasteiger charge is 2.08. The fourth-order valence-corrected chi connectivity index (χ4v) is 2.00. The van der Waals surface area contributed by atoms with Crippen LogP contribution < -0.4 is 5.32 Å². The molecule has 0 fully saturated rings. The maximum Gasteiger partial charge on any atom is 0.134 e. The van der Waals surface area contributed by atoms with Crippen LogP contribution in [-0.4, -0.2) is 24.8 Å².